The Kier molecular flexibility index (Phi) is 5.92. The Bertz CT molecular complexity index is 782. The molecule has 1 aromatic heterocycles. The minimum atomic E-state index is -0.169. The van der Waals surface area contributed by atoms with Crippen LogP contribution in [0.1, 0.15) is 48.5 Å². The van der Waals surface area contributed by atoms with Gasteiger partial charge in [-0.3, -0.25) is 9.69 Å². The smallest absolute Gasteiger partial charge is 0.251 e. The van der Waals surface area contributed by atoms with Gasteiger partial charge in [-0.15, -0.1) is 10.2 Å². The molecule has 1 atom stereocenters. The van der Waals surface area contributed by atoms with Crippen molar-refractivity contribution < 1.29 is 13.9 Å². The number of morpholine rings is 1. The zero-order chi connectivity index (χ0) is 19.4. The first-order valence-electron chi connectivity index (χ1n) is 9.33. The van der Waals surface area contributed by atoms with Crippen molar-refractivity contribution in [1.29, 1.82) is 0 Å². The van der Waals surface area contributed by atoms with Crippen LogP contribution in [-0.2, 0) is 16.7 Å². The zero-order valence-corrected chi connectivity index (χ0v) is 16.5. The number of hydrogen-bond donors (Lipinski definition) is 1. The molecule has 2 heterocycles. The number of aromatic nitrogens is 2. The third-order valence-electron chi connectivity index (χ3n) is 4.68. The Morgan fingerprint density at radius 3 is 2.78 bits per heavy atom. The molecule has 0 saturated carbocycles. The van der Waals surface area contributed by atoms with Crippen LogP contribution in [0.3, 0.4) is 0 Å². The van der Waals surface area contributed by atoms with Gasteiger partial charge in [-0.2, -0.15) is 0 Å². The molecule has 0 spiro atoms. The van der Waals surface area contributed by atoms with E-state index in [2.05, 4.69) is 20.4 Å². The van der Waals surface area contributed by atoms with Crippen molar-refractivity contribution in [3.8, 4) is 0 Å². The van der Waals surface area contributed by atoms with Crippen molar-refractivity contribution in [2.24, 2.45) is 0 Å². The van der Waals surface area contributed by atoms with Crippen LogP contribution in [0.2, 0.25) is 0 Å². The van der Waals surface area contributed by atoms with E-state index in [1.54, 1.807) is 0 Å². The van der Waals surface area contributed by atoms with Crippen molar-refractivity contribution >= 4 is 5.91 Å². The number of nitrogens with zero attached hydrogens (tertiary/aromatic N) is 3. The summed E-state index contributed by atoms with van der Waals surface area (Å²) in [5.41, 5.74) is 1.50. The van der Waals surface area contributed by atoms with E-state index in [9.17, 15) is 4.79 Å². The summed E-state index contributed by atoms with van der Waals surface area (Å²) in [7, 11) is 0. The van der Waals surface area contributed by atoms with Crippen LogP contribution in [0.4, 0.5) is 0 Å². The molecule has 27 heavy (non-hydrogen) atoms. The number of benzene rings is 1. The van der Waals surface area contributed by atoms with Crippen molar-refractivity contribution in [2.75, 3.05) is 26.3 Å². The summed E-state index contributed by atoms with van der Waals surface area (Å²) in [6.07, 6.45) is 0. The molecule has 1 unspecified atom stereocenters. The van der Waals surface area contributed by atoms with E-state index in [0.717, 1.165) is 12.1 Å². The summed E-state index contributed by atoms with van der Waals surface area (Å²) in [4.78, 5) is 14.7. The summed E-state index contributed by atoms with van der Waals surface area (Å²) >= 11 is 0. The maximum Gasteiger partial charge on any atom is 0.251 e. The minimum absolute atomic E-state index is 0.0635. The number of nitrogens with one attached hydrogen (secondary N) is 1. The van der Waals surface area contributed by atoms with Crippen LogP contribution in [0.15, 0.2) is 28.7 Å². The number of carbonyl (C=O) groups is 1. The lowest BCUT2D eigenvalue weighted by Crippen LogP contribution is -2.50. The zero-order valence-electron chi connectivity index (χ0n) is 16.5. The van der Waals surface area contributed by atoms with Crippen LogP contribution < -0.4 is 5.32 Å². The molecule has 1 aromatic carbocycles. The number of amides is 1. The first-order chi connectivity index (χ1) is 12.8. The fourth-order valence-corrected chi connectivity index (χ4v) is 3.01. The van der Waals surface area contributed by atoms with Crippen molar-refractivity contribution in [1.82, 2.24) is 20.4 Å². The van der Waals surface area contributed by atoms with Crippen LogP contribution in [0, 0.1) is 6.92 Å². The standard InChI is InChI=1S/C20H28N4O3/c1-14-7-5-6-8-16(14)18(25)21-11-15-13-26-10-9-24(15)12-17-22-23-19(27-17)20(2,3)4/h5-8,15H,9-13H2,1-4H3,(H,21,25). The van der Waals surface area contributed by atoms with E-state index in [4.69, 9.17) is 9.15 Å². The highest BCUT2D eigenvalue weighted by Crippen LogP contribution is 2.21. The fraction of sp³-hybridized carbons (Fsp3) is 0.550. The first kappa shape index (κ1) is 19.5. The van der Waals surface area contributed by atoms with Gasteiger partial charge in [-0.1, -0.05) is 39.0 Å². The Hall–Kier alpha value is -2.25. The van der Waals surface area contributed by atoms with Crippen LogP contribution in [0.25, 0.3) is 0 Å². The van der Waals surface area contributed by atoms with Crippen LogP contribution in [0.5, 0.6) is 0 Å². The van der Waals surface area contributed by atoms with Gasteiger partial charge in [-0.05, 0) is 18.6 Å². The normalized spacial score (nSPS) is 18.4. The molecule has 146 valence electrons. The van der Waals surface area contributed by atoms with Gasteiger partial charge in [0.05, 0.1) is 25.8 Å². The summed E-state index contributed by atoms with van der Waals surface area (Å²) in [6, 6.07) is 7.65. The summed E-state index contributed by atoms with van der Waals surface area (Å²) in [5, 5.41) is 11.4. The predicted octanol–water partition coefficient (Wildman–Crippen LogP) is 2.31. The maximum absolute atomic E-state index is 12.5. The molecular formula is C20H28N4O3. The highest BCUT2D eigenvalue weighted by Gasteiger charge is 2.27. The lowest BCUT2D eigenvalue weighted by atomic mass is 9.97. The monoisotopic (exact) mass is 372 g/mol. The van der Waals surface area contributed by atoms with Gasteiger partial charge in [0, 0.05) is 24.1 Å². The lowest BCUT2D eigenvalue weighted by molar-refractivity contribution is -0.0140. The average Bonchev–Trinajstić information content (AvgIpc) is 3.10. The second kappa shape index (κ2) is 8.19. The fourth-order valence-electron chi connectivity index (χ4n) is 3.01. The lowest BCUT2D eigenvalue weighted by Gasteiger charge is -2.34. The van der Waals surface area contributed by atoms with Gasteiger partial charge in [0.1, 0.15) is 0 Å². The minimum Gasteiger partial charge on any atom is -0.423 e. The third-order valence-corrected chi connectivity index (χ3v) is 4.68. The number of hydrogen-bond acceptors (Lipinski definition) is 6. The van der Waals surface area contributed by atoms with E-state index >= 15 is 0 Å². The first-order valence-corrected chi connectivity index (χ1v) is 9.33. The van der Waals surface area contributed by atoms with Crippen molar-refractivity contribution in [3.05, 3.63) is 47.2 Å². The number of aryl methyl sites for hydroxylation is 1. The third kappa shape index (κ3) is 4.93. The van der Waals surface area contributed by atoms with Gasteiger partial charge in [-0.25, -0.2) is 0 Å². The molecule has 1 amide bonds. The molecule has 1 saturated heterocycles. The molecule has 0 aliphatic carbocycles. The topological polar surface area (TPSA) is 80.5 Å². The van der Waals surface area contributed by atoms with E-state index in [1.807, 2.05) is 52.0 Å². The van der Waals surface area contributed by atoms with Crippen LogP contribution >= 0.6 is 0 Å². The molecule has 7 heteroatoms. The van der Waals surface area contributed by atoms with Crippen molar-refractivity contribution in [2.45, 2.75) is 45.7 Å². The van der Waals surface area contributed by atoms with E-state index < -0.39 is 0 Å². The molecule has 1 N–H and O–H groups in total. The van der Waals surface area contributed by atoms with Gasteiger partial charge in [0.15, 0.2) is 0 Å². The molecule has 0 radical (unpaired) electrons. The Balaban J connectivity index is 1.61. The Morgan fingerprint density at radius 2 is 2.07 bits per heavy atom. The van der Waals surface area contributed by atoms with Gasteiger partial charge in [0.25, 0.3) is 5.91 Å². The molecule has 2 aromatic rings. The molecule has 1 aliphatic heterocycles. The highest BCUT2D eigenvalue weighted by atomic mass is 16.5. The summed E-state index contributed by atoms with van der Waals surface area (Å²) in [6.45, 7) is 11.1. The molecule has 7 nitrogen and oxygen atoms in total. The molecular weight excluding hydrogens is 344 g/mol. The van der Waals surface area contributed by atoms with E-state index in [0.29, 0.717) is 43.6 Å². The SMILES string of the molecule is Cc1ccccc1C(=O)NCC1COCCN1Cc1nnc(C(C)(C)C)o1. The highest BCUT2D eigenvalue weighted by molar-refractivity contribution is 5.95. The number of carbonyl (C=O) groups excluding carboxylic acids is 1. The van der Waals surface area contributed by atoms with E-state index in [-0.39, 0.29) is 17.4 Å². The number of rotatable bonds is 5. The largest absolute Gasteiger partial charge is 0.423 e. The van der Waals surface area contributed by atoms with E-state index in [1.165, 1.54) is 0 Å². The second-order valence-corrected chi connectivity index (χ2v) is 7.98. The Morgan fingerprint density at radius 1 is 1.30 bits per heavy atom. The molecule has 0 bridgehead atoms. The Labute approximate surface area is 160 Å². The molecule has 1 aliphatic rings. The van der Waals surface area contributed by atoms with Crippen LogP contribution in [-0.4, -0.2) is 53.3 Å². The second-order valence-electron chi connectivity index (χ2n) is 7.98. The number of ether oxygens (including phenoxy) is 1. The van der Waals surface area contributed by atoms with Crippen molar-refractivity contribution in [3.63, 3.8) is 0 Å². The summed E-state index contributed by atoms with van der Waals surface area (Å²) < 4.78 is 11.4. The quantitative estimate of drug-likeness (QED) is 0.867. The summed E-state index contributed by atoms with van der Waals surface area (Å²) in [5.74, 6) is 1.17. The maximum atomic E-state index is 12.5. The molecule has 1 fully saturated rings. The molecule has 3 rings (SSSR count). The van der Waals surface area contributed by atoms with Gasteiger partial charge in [0.2, 0.25) is 11.8 Å². The van der Waals surface area contributed by atoms with Gasteiger partial charge < -0.3 is 14.5 Å². The average molecular weight is 372 g/mol. The predicted molar refractivity (Wildman–Crippen MR) is 102 cm³/mol. The van der Waals surface area contributed by atoms with Gasteiger partial charge >= 0.3 is 0 Å².